The molecule has 28 heavy (non-hydrogen) atoms. The van der Waals surface area contributed by atoms with E-state index in [0.717, 1.165) is 11.3 Å². The van der Waals surface area contributed by atoms with Gasteiger partial charge in [0.15, 0.2) is 0 Å². The van der Waals surface area contributed by atoms with E-state index in [0.29, 0.717) is 31.1 Å². The lowest BCUT2D eigenvalue weighted by Gasteiger charge is -2.31. The summed E-state index contributed by atoms with van der Waals surface area (Å²) in [6.45, 7) is 5.65. The molecule has 6 nitrogen and oxygen atoms in total. The Balaban J connectivity index is 1.61. The van der Waals surface area contributed by atoms with Crippen molar-refractivity contribution in [2.75, 3.05) is 25.5 Å². The van der Waals surface area contributed by atoms with E-state index in [2.05, 4.69) is 19.2 Å². The summed E-state index contributed by atoms with van der Waals surface area (Å²) in [5.41, 5.74) is 3.39. The molecular weight excluding hydrogens is 354 g/mol. The predicted molar refractivity (Wildman–Crippen MR) is 108 cm³/mol. The molecule has 1 N–H and O–H groups in total. The highest BCUT2D eigenvalue weighted by Crippen LogP contribution is 2.18. The smallest absolute Gasteiger partial charge is 0.312 e. The molecule has 3 rings (SSSR count). The molecule has 2 aromatic rings. The first kappa shape index (κ1) is 19.6. The summed E-state index contributed by atoms with van der Waals surface area (Å²) in [5, 5.41) is 2.89. The number of amides is 3. The Morgan fingerprint density at radius 1 is 0.964 bits per heavy atom. The van der Waals surface area contributed by atoms with E-state index < -0.39 is 11.8 Å². The second-order valence-electron chi connectivity index (χ2n) is 7.38. The van der Waals surface area contributed by atoms with Gasteiger partial charge >= 0.3 is 11.8 Å². The third-order valence-corrected chi connectivity index (χ3v) is 4.95. The third kappa shape index (κ3) is 4.39. The zero-order chi connectivity index (χ0) is 20.3. The van der Waals surface area contributed by atoms with Crippen molar-refractivity contribution in [3.63, 3.8) is 0 Å². The van der Waals surface area contributed by atoms with E-state index in [9.17, 15) is 14.4 Å². The van der Waals surface area contributed by atoms with Crippen molar-refractivity contribution >= 4 is 23.4 Å². The van der Waals surface area contributed by atoms with Gasteiger partial charge in [0.05, 0.1) is 0 Å². The van der Waals surface area contributed by atoms with Gasteiger partial charge in [0.1, 0.15) is 0 Å². The first-order valence-electron chi connectivity index (χ1n) is 9.40. The SMILES string of the molecule is CC(C)c1ccc(NC(=O)c2ccc(CN3CCN(C)C(=O)C3=O)cc2)cc1. The number of nitrogens with one attached hydrogen (secondary N) is 1. The average molecular weight is 379 g/mol. The molecule has 6 heteroatoms. The second-order valence-corrected chi connectivity index (χ2v) is 7.38. The molecule has 1 aliphatic rings. The topological polar surface area (TPSA) is 69.7 Å². The summed E-state index contributed by atoms with van der Waals surface area (Å²) in [4.78, 5) is 39.2. The molecule has 3 amide bonds. The Morgan fingerprint density at radius 2 is 1.61 bits per heavy atom. The van der Waals surface area contributed by atoms with Gasteiger partial charge < -0.3 is 15.1 Å². The molecule has 0 spiro atoms. The van der Waals surface area contributed by atoms with E-state index in [1.54, 1.807) is 19.2 Å². The van der Waals surface area contributed by atoms with Crippen molar-refractivity contribution in [2.45, 2.75) is 26.3 Å². The van der Waals surface area contributed by atoms with Crippen LogP contribution in [0.1, 0.15) is 41.3 Å². The van der Waals surface area contributed by atoms with Crippen LogP contribution in [0.15, 0.2) is 48.5 Å². The number of nitrogens with zero attached hydrogens (tertiary/aromatic N) is 2. The number of carbonyl (C=O) groups is 3. The predicted octanol–water partition coefficient (Wildman–Crippen LogP) is 2.86. The van der Waals surface area contributed by atoms with Crippen LogP contribution in [0, 0.1) is 0 Å². The molecule has 1 aliphatic heterocycles. The second kappa shape index (κ2) is 8.25. The Labute approximate surface area is 165 Å². The van der Waals surface area contributed by atoms with Crippen LogP contribution in [0.3, 0.4) is 0 Å². The van der Waals surface area contributed by atoms with Crippen molar-refractivity contribution in [1.29, 1.82) is 0 Å². The summed E-state index contributed by atoms with van der Waals surface area (Å²) in [6.07, 6.45) is 0. The molecule has 1 fully saturated rings. The number of anilines is 1. The molecule has 1 heterocycles. The van der Waals surface area contributed by atoms with Gasteiger partial charge in [-0.3, -0.25) is 14.4 Å². The highest BCUT2D eigenvalue weighted by molar-refractivity contribution is 6.35. The zero-order valence-corrected chi connectivity index (χ0v) is 16.4. The lowest BCUT2D eigenvalue weighted by atomic mass is 10.0. The largest absolute Gasteiger partial charge is 0.336 e. The number of carbonyl (C=O) groups excluding carboxylic acids is 3. The molecule has 0 saturated carbocycles. The van der Waals surface area contributed by atoms with Gasteiger partial charge in [-0.05, 0) is 41.3 Å². The fraction of sp³-hybridized carbons (Fsp3) is 0.318. The molecule has 0 atom stereocenters. The van der Waals surface area contributed by atoms with Crippen LogP contribution in [-0.2, 0) is 16.1 Å². The number of hydrogen-bond donors (Lipinski definition) is 1. The van der Waals surface area contributed by atoms with Gasteiger partial charge in [-0.2, -0.15) is 0 Å². The van der Waals surface area contributed by atoms with Crippen LogP contribution in [0.2, 0.25) is 0 Å². The van der Waals surface area contributed by atoms with Crippen molar-refractivity contribution in [2.24, 2.45) is 0 Å². The van der Waals surface area contributed by atoms with E-state index in [-0.39, 0.29) is 5.91 Å². The number of piperazine rings is 1. The third-order valence-electron chi connectivity index (χ3n) is 4.95. The minimum absolute atomic E-state index is 0.185. The normalized spacial score (nSPS) is 14.6. The summed E-state index contributed by atoms with van der Waals surface area (Å²) >= 11 is 0. The summed E-state index contributed by atoms with van der Waals surface area (Å²) < 4.78 is 0. The molecule has 2 aromatic carbocycles. The van der Waals surface area contributed by atoms with Crippen molar-refractivity contribution in [1.82, 2.24) is 9.80 Å². The number of rotatable bonds is 5. The maximum Gasteiger partial charge on any atom is 0.312 e. The molecule has 146 valence electrons. The van der Waals surface area contributed by atoms with E-state index in [1.807, 2.05) is 36.4 Å². The van der Waals surface area contributed by atoms with Crippen molar-refractivity contribution in [3.8, 4) is 0 Å². The molecule has 0 aromatic heterocycles. The molecule has 0 aliphatic carbocycles. The highest BCUT2D eigenvalue weighted by Gasteiger charge is 2.30. The fourth-order valence-electron chi connectivity index (χ4n) is 3.06. The maximum atomic E-state index is 12.4. The molecular formula is C22H25N3O3. The van der Waals surface area contributed by atoms with E-state index in [4.69, 9.17) is 0 Å². The standard InChI is InChI=1S/C22H25N3O3/c1-15(2)17-8-10-19(11-9-17)23-20(26)18-6-4-16(5-7-18)14-25-13-12-24(3)21(27)22(25)28/h4-11,15H,12-14H2,1-3H3,(H,23,26). The van der Waals surface area contributed by atoms with E-state index in [1.165, 1.54) is 15.4 Å². The van der Waals surface area contributed by atoms with E-state index >= 15 is 0 Å². The molecule has 1 saturated heterocycles. The first-order chi connectivity index (χ1) is 13.3. The lowest BCUT2D eigenvalue weighted by Crippen LogP contribution is -2.52. The van der Waals surface area contributed by atoms with Gasteiger partial charge in [0, 0.05) is 37.9 Å². The van der Waals surface area contributed by atoms with Gasteiger partial charge in [-0.1, -0.05) is 38.1 Å². The van der Waals surface area contributed by atoms with Gasteiger partial charge in [-0.25, -0.2) is 0 Å². The molecule has 0 unspecified atom stereocenters. The molecule has 0 radical (unpaired) electrons. The van der Waals surface area contributed by atoms with Crippen molar-refractivity contribution in [3.05, 3.63) is 65.2 Å². The fourth-order valence-corrected chi connectivity index (χ4v) is 3.06. The average Bonchev–Trinajstić information content (AvgIpc) is 2.69. The summed E-state index contributed by atoms with van der Waals surface area (Å²) in [6, 6.07) is 14.9. The first-order valence-corrected chi connectivity index (χ1v) is 9.40. The van der Waals surface area contributed by atoms with Crippen LogP contribution < -0.4 is 5.32 Å². The summed E-state index contributed by atoms with van der Waals surface area (Å²) in [7, 11) is 1.63. The number of benzene rings is 2. The van der Waals surface area contributed by atoms with Crippen LogP contribution in [-0.4, -0.2) is 47.7 Å². The Morgan fingerprint density at radius 3 is 2.21 bits per heavy atom. The van der Waals surface area contributed by atoms with Gasteiger partial charge in [0.25, 0.3) is 5.91 Å². The Kier molecular flexibility index (Phi) is 5.78. The van der Waals surface area contributed by atoms with Gasteiger partial charge in [-0.15, -0.1) is 0 Å². The minimum atomic E-state index is -0.486. The summed E-state index contributed by atoms with van der Waals surface area (Å²) in [5.74, 6) is -0.708. The zero-order valence-electron chi connectivity index (χ0n) is 16.4. The monoisotopic (exact) mass is 379 g/mol. The van der Waals surface area contributed by atoms with Crippen LogP contribution in [0.25, 0.3) is 0 Å². The highest BCUT2D eigenvalue weighted by atomic mass is 16.2. The molecule has 0 bridgehead atoms. The lowest BCUT2D eigenvalue weighted by molar-refractivity contribution is -0.155. The van der Waals surface area contributed by atoms with Crippen LogP contribution in [0.4, 0.5) is 5.69 Å². The number of hydrogen-bond acceptors (Lipinski definition) is 3. The number of likely N-dealkylation sites (N-methyl/N-ethyl adjacent to an activating group) is 1. The Hall–Kier alpha value is -3.15. The van der Waals surface area contributed by atoms with Crippen LogP contribution in [0.5, 0.6) is 0 Å². The quantitative estimate of drug-likeness (QED) is 0.812. The van der Waals surface area contributed by atoms with Crippen molar-refractivity contribution < 1.29 is 14.4 Å². The Bertz CT molecular complexity index is 873. The maximum absolute atomic E-state index is 12.4. The van der Waals surface area contributed by atoms with Crippen LogP contribution >= 0.6 is 0 Å². The minimum Gasteiger partial charge on any atom is -0.336 e. The van der Waals surface area contributed by atoms with Gasteiger partial charge in [0.2, 0.25) is 0 Å².